The Hall–Kier alpha value is -1.05. The zero-order chi connectivity index (χ0) is 11.1. The molecule has 1 aromatic heterocycles. The van der Waals surface area contributed by atoms with Crippen molar-refractivity contribution >= 4 is 5.82 Å². The molecule has 1 aliphatic heterocycles. The van der Waals surface area contributed by atoms with Gasteiger partial charge in [0.2, 0.25) is 0 Å². The summed E-state index contributed by atoms with van der Waals surface area (Å²) < 4.78 is 0. The highest BCUT2D eigenvalue weighted by atomic mass is 15.0. The molecule has 82 valence electrons. The highest BCUT2D eigenvalue weighted by Gasteiger charge is 2.28. The first kappa shape index (κ1) is 10.5. The fourth-order valence-corrected chi connectivity index (χ4v) is 2.10. The van der Waals surface area contributed by atoms with Gasteiger partial charge in [-0.3, -0.25) is 0 Å². The fourth-order valence-electron chi connectivity index (χ4n) is 2.10. The van der Waals surface area contributed by atoms with E-state index in [-0.39, 0.29) is 5.41 Å². The van der Waals surface area contributed by atoms with Crippen LogP contribution in [0.25, 0.3) is 0 Å². The van der Waals surface area contributed by atoms with Crippen LogP contribution in [0.3, 0.4) is 0 Å². The van der Waals surface area contributed by atoms with E-state index in [0.717, 1.165) is 12.4 Å². The SMILES string of the molecule is CC(C)c1ccc2c(n1)NCCC2(C)C. The lowest BCUT2D eigenvalue weighted by atomic mass is 9.79. The number of pyridine rings is 1. The minimum absolute atomic E-state index is 0.267. The van der Waals surface area contributed by atoms with E-state index >= 15 is 0 Å². The Kier molecular flexibility index (Phi) is 2.45. The molecule has 0 spiro atoms. The number of aromatic nitrogens is 1. The normalized spacial score (nSPS) is 18.5. The first-order valence-corrected chi connectivity index (χ1v) is 5.76. The Bertz CT molecular complexity index is 367. The van der Waals surface area contributed by atoms with E-state index in [1.165, 1.54) is 17.7 Å². The average molecular weight is 204 g/mol. The van der Waals surface area contributed by atoms with Crippen molar-refractivity contribution in [1.29, 1.82) is 0 Å². The largest absolute Gasteiger partial charge is 0.370 e. The van der Waals surface area contributed by atoms with Crippen molar-refractivity contribution in [2.45, 2.75) is 45.4 Å². The lowest BCUT2D eigenvalue weighted by Crippen LogP contribution is -2.29. The summed E-state index contributed by atoms with van der Waals surface area (Å²) in [4.78, 5) is 4.70. The van der Waals surface area contributed by atoms with Crippen molar-refractivity contribution in [3.8, 4) is 0 Å². The molecule has 0 aliphatic carbocycles. The van der Waals surface area contributed by atoms with E-state index in [0.29, 0.717) is 5.92 Å². The van der Waals surface area contributed by atoms with Gasteiger partial charge in [0.15, 0.2) is 0 Å². The van der Waals surface area contributed by atoms with Gasteiger partial charge in [0, 0.05) is 17.8 Å². The number of nitrogens with zero attached hydrogens (tertiary/aromatic N) is 1. The standard InChI is InChI=1S/C13H20N2/c1-9(2)11-6-5-10-12(15-11)14-8-7-13(10,3)4/h5-6,9H,7-8H2,1-4H3,(H,14,15). The number of anilines is 1. The molecule has 0 saturated heterocycles. The first-order chi connectivity index (χ1) is 7.00. The maximum atomic E-state index is 4.70. The molecule has 1 N–H and O–H groups in total. The van der Waals surface area contributed by atoms with Crippen molar-refractivity contribution in [2.75, 3.05) is 11.9 Å². The Morgan fingerprint density at radius 2 is 2.07 bits per heavy atom. The molecule has 1 aliphatic rings. The summed E-state index contributed by atoms with van der Waals surface area (Å²) in [6.45, 7) is 9.99. The zero-order valence-corrected chi connectivity index (χ0v) is 10.1. The molecular weight excluding hydrogens is 184 g/mol. The molecule has 0 fully saturated rings. The summed E-state index contributed by atoms with van der Waals surface area (Å²) >= 11 is 0. The summed E-state index contributed by atoms with van der Waals surface area (Å²) in [6, 6.07) is 4.40. The summed E-state index contributed by atoms with van der Waals surface area (Å²) in [5.74, 6) is 1.60. The van der Waals surface area contributed by atoms with Gasteiger partial charge >= 0.3 is 0 Å². The molecule has 0 unspecified atom stereocenters. The molecule has 0 aromatic carbocycles. The summed E-state index contributed by atoms with van der Waals surface area (Å²) in [5.41, 5.74) is 2.81. The topological polar surface area (TPSA) is 24.9 Å². The van der Waals surface area contributed by atoms with Crippen molar-refractivity contribution in [3.63, 3.8) is 0 Å². The predicted octanol–water partition coefficient (Wildman–Crippen LogP) is 3.30. The molecule has 2 nitrogen and oxygen atoms in total. The molecular formula is C13H20N2. The average Bonchev–Trinajstić information content (AvgIpc) is 2.16. The van der Waals surface area contributed by atoms with Crippen LogP contribution in [0.15, 0.2) is 12.1 Å². The van der Waals surface area contributed by atoms with Crippen molar-refractivity contribution in [2.24, 2.45) is 0 Å². The second kappa shape index (κ2) is 3.51. The Balaban J connectivity index is 2.45. The lowest BCUT2D eigenvalue weighted by Gasteiger charge is -2.32. The maximum Gasteiger partial charge on any atom is 0.130 e. The van der Waals surface area contributed by atoms with Gasteiger partial charge in [-0.15, -0.1) is 0 Å². The van der Waals surface area contributed by atoms with Crippen LogP contribution in [-0.4, -0.2) is 11.5 Å². The number of hydrogen-bond acceptors (Lipinski definition) is 2. The van der Waals surface area contributed by atoms with E-state index in [4.69, 9.17) is 4.98 Å². The first-order valence-electron chi connectivity index (χ1n) is 5.76. The van der Waals surface area contributed by atoms with Crippen LogP contribution in [-0.2, 0) is 5.41 Å². The minimum Gasteiger partial charge on any atom is -0.370 e. The van der Waals surface area contributed by atoms with Gasteiger partial charge in [0.25, 0.3) is 0 Å². The minimum atomic E-state index is 0.267. The van der Waals surface area contributed by atoms with Gasteiger partial charge in [-0.25, -0.2) is 4.98 Å². The molecule has 0 saturated carbocycles. The Morgan fingerprint density at radius 3 is 2.73 bits per heavy atom. The number of hydrogen-bond donors (Lipinski definition) is 1. The number of nitrogens with one attached hydrogen (secondary N) is 1. The van der Waals surface area contributed by atoms with Gasteiger partial charge in [-0.2, -0.15) is 0 Å². The van der Waals surface area contributed by atoms with Crippen LogP contribution < -0.4 is 5.32 Å². The van der Waals surface area contributed by atoms with Crippen molar-refractivity contribution < 1.29 is 0 Å². The van der Waals surface area contributed by atoms with Crippen molar-refractivity contribution in [3.05, 3.63) is 23.4 Å². The third kappa shape index (κ3) is 1.85. The van der Waals surface area contributed by atoms with Crippen LogP contribution >= 0.6 is 0 Å². The van der Waals surface area contributed by atoms with Gasteiger partial charge in [-0.05, 0) is 23.8 Å². The monoisotopic (exact) mass is 204 g/mol. The molecule has 2 heterocycles. The Morgan fingerprint density at radius 1 is 1.33 bits per heavy atom. The highest BCUT2D eigenvalue weighted by Crippen LogP contribution is 2.35. The van der Waals surface area contributed by atoms with Crippen molar-refractivity contribution in [1.82, 2.24) is 4.98 Å². The number of rotatable bonds is 1. The van der Waals surface area contributed by atoms with Gasteiger partial charge in [0.1, 0.15) is 5.82 Å². The van der Waals surface area contributed by atoms with E-state index in [2.05, 4.69) is 45.1 Å². The zero-order valence-electron chi connectivity index (χ0n) is 10.1. The Labute approximate surface area is 92.1 Å². The van der Waals surface area contributed by atoms with E-state index < -0.39 is 0 Å². The summed E-state index contributed by atoms with van der Waals surface area (Å²) in [7, 11) is 0. The van der Waals surface area contributed by atoms with Gasteiger partial charge in [0.05, 0.1) is 0 Å². The highest BCUT2D eigenvalue weighted by molar-refractivity contribution is 5.51. The third-order valence-electron chi connectivity index (χ3n) is 3.28. The van der Waals surface area contributed by atoms with E-state index in [9.17, 15) is 0 Å². The third-order valence-corrected chi connectivity index (χ3v) is 3.28. The second-order valence-corrected chi connectivity index (χ2v) is 5.35. The molecule has 0 atom stereocenters. The molecule has 2 rings (SSSR count). The molecule has 0 bridgehead atoms. The van der Waals surface area contributed by atoms with E-state index in [1.54, 1.807) is 0 Å². The second-order valence-electron chi connectivity index (χ2n) is 5.35. The summed E-state index contributed by atoms with van der Waals surface area (Å²) in [5, 5.41) is 3.40. The van der Waals surface area contributed by atoms with Crippen LogP contribution in [0.1, 0.15) is 51.3 Å². The lowest BCUT2D eigenvalue weighted by molar-refractivity contribution is 0.478. The molecule has 0 amide bonds. The number of fused-ring (bicyclic) bond motifs is 1. The van der Waals surface area contributed by atoms with Crippen LogP contribution in [0.4, 0.5) is 5.82 Å². The van der Waals surface area contributed by atoms with Crippen LogP contribution in [0, 0.1) is 0 Å². The van der Waals surface area contributed by atoms with Gasteiger partial charge in [-0.1, -0.05) is 33.8 Å². The molecule has 1 aromatic rings. The maximum absolute atomic E-state index is 4.70. The molecule has 15 heavy (non-hydrogen) atoms. The molecule has 2 heteroatoms. The van der Waals surface area contributed by atoms with Crippen LogP contribution in [0.2, 0.25) is 0 Å². The van der Waals surface area contributed by atoms with Crippen LogP contribution in [0.5, 0.6) is 0 Å². The molecule has 0 radical (unpaired) electrons. The van der Waals surface area contributed by atoms with E-state index in [1.807, 2.05) is 0 Å². The smallest absolute Gasteiger partial charge is 0.130 e. The quantitative estimate of drug-likeness (QED) is 0.759. The van der Waals surface area contributed by atoms with Gasteiger partial charge < -0.3 is 5.32 Å². The summed E-state index contributed by atoms with van der Waals surface area (Å²) in [6.07, 6.45) is 1.18. The predicted molar refractivity (Wildman–Crippen MR) is 64.5 cm³/mol. The fraction of sp³-hybridized carbons (Fsp3) is 0.615.